The van der Waals surface area contributed by atoms with E-state index in [2.05, 4.69) is 24.0 Å². The summed E-state index contributed by atoms with van der Waals surface area (Å²) in [6, 6.07) is 7.07. The summed E-state index contributed by atoms with van der Waals surface area (Å²) in [6.07, 6.45) is 5.56. The van der Waals surface area contributed by atoms with Crippen LogP contribution < -0.4 is 15.5 Å². The van der Waals surface area contributed by atoms with Crippen LogP contribution in [0.1, 0.15) is 36.8 Å². The summed E-state index contributed by atoms with van der Waals surface area (Å²) in [6.45, 7) is 2.11. The minimum atomic E-state index is -0.388. The van der Waals surface area contributed by atoms with Crippen molar-refractivity contribution in [2.24, 2.45) is 0 Å². The zero-order valence-corrected chi connectivity index (χ0v) is 17.2. The Kier molecular flexibility index (Phi) is 5.17. The maximum atomic E-state index is 14.7. The molecule has 1 aliphatic carbocycles. The number of pyridine rings is 1. The van der Waals surface area contributed by atoms with E-state index >= 15 is 0 Å². The van der Waals surface area contributed by atoms with Gasteiger partial charge in [0.2, 0.25) is 0 Å². The number of nitrogen functional groups attached to an aromatic ring is 1. The van der Waals surface area contributed by atoms with Crippen molar-refractivity contribution in [2.45, 2.75) is 51.2 Å². The molecule has 0 spiro atoms. The standard InChI is InChI=1S/C22H28FN5O/c1-14-5-4-6-18(23)21(14)27-13-15-12-25-20(24)11-19(15)28(22(27)29)17-9-7-16(8-10-17)26(2)3/h4-6,11-12,16-17H,7-10,13H2,1-3H3,(H2,24,25)/t16-,17-. The molecule has 1 fully saturated rings. The van der Waals surface area contributed by atoms with Crippen LogP contribution in [0.4, 0.5) is 26.4 Å². The van der Waals surface area contributed by atoms with Gasteiger partial charge in [0, 0.05) is 29.9 Å². The Labute approximate surface area is 171 Å². The Bertz CT molecular complexity index is 903. The average Bonchev–Trinajstić information content (AvgIpc) is 2.68. The van der Waals surface area contributed by atoms with Gasteiger partial charge in [0.1, 0.15) is 11.6 Å². The molecule has 2 amide bonds. The Morgan fingerprint density at radius 1 is 1.21 bits per heavy atom. The van der Waals surface area contributed by atoms with Crippen LogP contribution in [0.25, 0.3) is 0 Å². The number of fused-ring (bicyclic) bond motifs is 1. The second-order valence-electron chi connectivity index (χ2n) is 8.31. The third-order valence-electron chi connectivity index (χ3n) is 6.23. The Balaban J connectivity index is 1.73. The van der Waals surface area contributed by atoms with Crippen molar-refractivity contribution in [1.82, 2.24) is 9.88 Å². The van der Waals surface area contributed by atoms with E-state index in [1.807, 2.05) is 17.9 Å². The lowest BCUT2D eigenvalue weighted by molar-refractivity contribution is 0.209. The number of aryl methyl sites for hydroxylation is 1. The van der Waals surface area contributed by atoms with Crippen LogP contribution in [0.2, 0.25) is 0 Å². The molecule has 1 aliphatic heterocycles. The summed E-state index contributed by atoms with van der Waals surface area (Å²) in [7, 11) is 4.20. The van der Waals surface area contributed by atoms with Crippen LogP contribution in [0, 0.1) is 12.7 Å². The molecule has 154 valence electrons. The summed E-state index contributed by atoms with van der Waals surface area (Å²) < 4.78 is 14.7. The van der Waals surface area contributed by atoms with E-state index in [1.165, 1.54) is 6.07 Å². The van der Waals surface area contributed by atoms with Gasteiger partial charge >= 0.3 is 6.03 Å². The van der Waals surface area contributed by atoms with Crippen molar-refractivity contribution >= 4 is 23.2 Å². The fourth-order valence-electron chi connectivity index (χ4n) is 4.63. The van der Waals surface area contributed by atoms with Gasteiger partial charge in [-0.15, -0.1) is 0 Å². The zero-order chi connectivity index (χ0) is 20.7. The quantitative estimate of drug-likeness (QED) is 0.852. The number of hydrogen-bond donors (Lipinski definition) is 1. The van der Waals surface area contributed by atoms with Crippen LogP contribution in [0.15, 0.2) is 30.5 Å². The number of hydrogen-bond acceptors (Lipinski definition) is 4. The number of amides is 2. The molecule has 0 saturated heterocycles. The summed E-state index contributed by atoms with van der Waals surface area (Å²) in [5.41, 5.74) is 8.71. The molecule has 2 N–H and O–H groups in total. The first kappa shape index (κ1) is 19.6. The monoisotopic (exact) mass is 397 g/mol. The Morgan fingerprint density at radius 2 is 1.93 bits per heavy atom. The van der Waals surface area contributed by atoms with Crippen molar-refractivity contribution in [3.05, 3.63) is 47.4 Å². The largest absolute Gasteiger partial charge is 0.384 e. The molecule has 6 nitrogen and oxygen atoms in total. The maximum Gasteiger partial charge on any atom is 0.329 e. The lowest BCUT2D eigenvalue weighted by atomic mass is 9.88. The van der Waals surface area contributed by atoms with Gasteiger partial charge in [-0.05, 0) is 58.3 Å². The molecule has 2 aromatic rings. The van der Waals surface area contributed by atoms with Gasteiger partial charge in [-0.1, -0.05) is 12.1 Å². The SMILES string of the molecule is Cc1cccc(F)c1N1Cc2cnc(N)cc2N([C@H]2CC[C@H](N(C)C)CC2)C1=O. The second kappa shape index (κ2) is 7.63. The fourth-order valence-corrected chi connectivity index (χ4v) is 4.63. The maximum absolute atomic E-state index is 14.7. The first-order valence-electron chi connectivity index (χ1n) is 10.1. The Hall–Kier alpha value is -2.67. The minimum Gasteiger partial charge on any atom is -0.384 e. The number of nitrogens with zero attached hydrogens (tertiary/aromatic N) is 4. The van der Waals surface area contributed by atoms with Crippen molar-refractivity contribution < 1.29 is 9.18 Å². The number of rotatable bonds is 3. The molecule has 1 aromatic carbocycles. The summed E-state index contributed by atoms with van der Waals surface area (Å²) >= 11 is 0. The molecule has 1 aromatic heterocycles. The van der Waals surface area contributed by atoms with Gasteiger partial charge in [0.05, 0.1) is 17.9 Å². The van der Waals surface area contributed by atoms with Gasteiger partial charge in [-0.3, -0.25) is 9.80 Å². The van der Waals surface area contributed by atoms with Crippen LogP contribution in [-0.4, -0.2) is 42.1 Å². The van der Waals surface area contributed by atoms with E-state index in [-0.39, 0.29) is 24.4 Å². The molecule has 0 radical (unpaired) electrons. The van der Waals surface area contributed by atoms with Crippen molar-refractivity contribution in [2.75, 3.05) is 29.6 Å². The summed E-state index contributed by atoms with van der Waals surface area (Å²) in [5.74, 6) is 0.000481. The highest BCUT2D eigenvalue weighted by Gasteiger charge is 2.39. The first-order chi connectivity index (χ1) is 13.9. The van der Waals surface area contributed by atoms with E-state index in [0.29, 0.717) is 17.5 Å². The smallest absolute Gasteiger partial charge is 0.329 e. The average molecular weight is 397 g/mol. The predicted molar refractivity (Wildman–Crippen MR) is 114 cm³/mol. The van der Waals surface area contributed by atoms with Crippen LogP contribution in [0.5, 0.6) is 0 Å². The minimum absolute atomic E-state index is 0.0640. The molecular formula is C22H28FN5O. The lowest BCUT2D eigenvalue weighted by Gasteiger charge is -2.44. The van der Waals surface area contributed by atoms with Crippen LogP contribution in [0.3, 0.4) is 0 Å². The zero-order valence-electron chi connectivity index (χ0n) is 17.2. The first-order valence-corrected chi connectivity index (χ1v) is 10.1. The van der Waals surface area contributed by atoms with Gasteiger partial charge in [-0.2, -0.15) is 0 Å². The molecule has 2 heterocycles. The van der Waals surface area contributed by atoms with E-state index < -0.39 is 0 Å². The highest BCUT2D eigenvalue weighted by Crippen LogP contribution is 2.39. The molecule has 2 aliphatic rings. The number of urea groups is 1. The van der Waals surface area contributed by atoms with Gasteiger partial charge in [0.25, 0.3) is 0 Å². The van der Waals surface area contributed by atoms with Crippen LogP contribution in [-0.2, 0) is 6.54 Å². The number of nitrogens with two attached hydrogens (primary N) is 1. The fraction of sp³-hybridized carbons (Fsp3) is 0.455. The number of halogens is 1. The number of para-hydroxylation sites is 1. The van der Waals surface area contributed by atoms with Crippen molar-refractivity contribution in [3.8, 4) is 0 Å². The topological polar surface area (TPSA) is 65.7 Å². The summed E-state index contributed by atoms with van der Waals surface area (Å²) in [4.78, 5) is 23.5. The van der Waals surface area contributed by atoms with E-state index in [4.69, 9.17) is 5.73 Å². The third kappa shape index (κ3) is 3.55. The molecule has 4 rings (SSSR count). The number of anilines is 3. The summed E-state index contributed by atoms with van der Waals surface area (Å²) in [5, 5.41) is 0. The number of benzene rings is 1. The molecule has 0 atom stereocenters. The van der Waals surface area contributed by atoms with E-state index in [0.717, 1.165) is 42.5 Å². The molecular weight excluding hydrogens is 369 g/mol. The second-order valence-corrected chi connectivity index (χ2v) is 8.31. The molecule has 29 heavy (non-hydrogen) atoms. The Morgan fingerprint density at radius 3 is 2.59 bits per heavy atom. The number of carbonyl (C=O) groups is 1. The van der Waals surface area contributed by atoms with Gasteiger partial charge in [-0.25, -0.2) is 14.2 Å². The van der Waals surface area contributed by atoms with Crippen molar-refractivity contribution in [1.29, 1.82) is 0 Å². The number of aromatic nitrogens is 1. The molecule has 0 bridgehead atoms. The number of carbonyl (C=O) groups excluding carboxylic acids is 1. The highest BCUT2D eigenvalue weighted by atomic mass is 19.1. The molecule has 0 unspecified atom stereocenters. The lowest BCUT2D eigenvalue weighted by Crippen LogP contribution is -2.54. The van der Waals surface area contributed by atoms with E-state index in [1.54, 1.807) is 23.2 Å². The van der Waals surface area contributed by atoms with Gasteiger partial charge < -0.3 is 10.6 Å². The van der Waals surface area contributed by atoms with Crippen LogP contribution >= 0.6 is 0 Å². The third-order valence-corrected chi connectivity index (χ3v) is 6.23. The molecule has 1 saturated carbocycles. The van der Waals surface area contributed by atoms with E-state index in [9.17, 15) is 9.18 Å². The normalized spacial score (nSPS) is 22.2. The molecule has 7 heteroatoms. The predicted octanol–water partition coefficient (Wildman–Crippen LogP) is 3.93. The highest BCUT2D eigenvalue weighted by molar-refractivity contribution is 6.07. The van der Waals surface area contributed by atoms with Crippen molar-refractivity contribution in [3.63, 3.8) is 0 Å². The van der Waals surface area contributed by atoms with Gasteiger partial charge in [0.15, 0.2) is 0 Å².